The third-order valence-corrected chi connectivity index (χ3v) is 4.19. The topological polar surface area (TPSA) is 119 Å². The molecule has 8 heteroatoms. The minimum Gasteiger partial charge on any atom is -0.481 e. The predicted octanol–water partition coefficient (Wildman–Crippen LogP) is 3.67. The molecule has 1 atom stereocenters. The Labute approximate surface area is 155 Å². The van der Waals surface area contributed by atoms with Crippen LogP contribution in [0, 0.1) is 15.5 Å². The summed E-state index contributed by atoms with van der Waals surface area (Å²) in [5.74, 6) is -1.21. The number of hydrogen-bond donors (Lipinski definition) is 2. The summed E-state index contributed by atoms with van der Waals surface area (Å²) in [5, 5.41) is 23.4. The van der Waals surface area contributed by atoms with Crippen molar-refractivity contribution in [3.63, 3.8) is 0 Å². The maximum Gasteiger partial charge on any atom is 0.407 e. The van der Waals surface area contributed by atoms with Gasteiger partial charge in [-0.05, 0) is 19.4 Å². The SMILES string of the molecule is CC(C)(C(=O)O)[C@@H](NC(=O)OCc1ccccc1)c1ccccc1[N+](=O)[O-]. The van der Waals surface area contributed by atoms with E-state index in [2.05, 4.69) is 5.32 Å². The van der Waals surface area contributed by atoms with Crippen molar-refractivity contribution in [3.8, 4) is 0 Å². The molecule has 142 valence electrons. The zero-order valence-electron chi connectivity index (χ0n) is 14.9. The molecular formula is C19H20N2O6. The Balaban J connectivity index is 2.28. The number of carboxylic acids is 1. The van der Waals surface area contributed by atoms with E-state index in [0.29, 0.717) is 0 Å². The number of alkyl carbamates (subject to hydrolysis) is 1. The second kappa shape index (κ2) is 8.31. The van der Waals surface area contributed by atoms with Gasteiger partial charge in [0, 0.05) is 6.07 Å². The minimum absolute atomic E-state index is 0.0101. The lowest BCUT2D eigenvalue weighted by molar-refractivity contribution is -0.385. The van der Waals surface area contributed by atoms with E-state index in [9.17, 15) is 24.8 Å². The molecule has 2 rings (SSSR count). The summed E-state index contributed by atoms with van der Waals surface area (Å²) in [6, 6.07) is 13.5. The summed E-state index contributed by atoms with van der Waals surface area (Å²) in [5.41, 5.74) is -0.947. The van der Waals surface area contributed by atoms with Crippen LogP contribution in [0.25, 0.3) is 0 Å². The van der Waals surface area contributed by atoms with Crippen molar-refractivity contribution in [2.24, 2.45) is 5.41 Å². The monoisotopic (exact) mass is 372 g/mol. The van der Waals surface area contributed by atoms with Gasteiger partial charge < -0.3 is 15.2 Å². The molecule has 0 spiro atoms. The smallest absolute Gasteiger partial charge is 0.407 e. The Morgan fingerprint density at radius 3 is 2.33 bits per heavy atom. The van der Waals surface area contributed by atoms with Crippen LogP contribution in [0.4, 0.5) is 10.5 Å². The highest BCUT2D eigenvalue weighted by Gasteiger charge is 2.42. The molecule has 2 aromatic rings. The molecule has 0 aliphatic rings. The molecule has 0 aliphatic heterocycles. The number of rotatable bonds is 7. The third kappa shape index (κ3) is 4.81. The van der Waals surface area contributed by atoms with Crippen molar-refractivity contribution in [2.45, 2.75) is 26.5 Å². The predicted molar refractivity (Wildman–Crippen MR) is 97.0 cm³/mol. The number of hydrogen-bond acceptors (Lipinski definition) is 5. The van der Waals surface area contributed by atoms with E-state index >= 15 is 0 Å². The molecule has 27 heavy (non-hydrogen) atoms. The number of nitrogens with zero attached hydrogens (tertiary/aromatic N) is 1. The fraction of sp³-hybridized carbons (Fsp3) is 0.263. The summed E-state index contributed by atoms with van der Waals surface area (Å²) < 4.78 is 5.14. The van der Waals surface area contributed by atoms with Crippen LogP contribution in [0.5, 0.6) is 0 Å². The fourth-order valence-corrected chi connectivity index (χ4v) is 2.55. The van der Waals surface area contributed by atoms with Gasteiger partial charge in [-0.25, -0.2) is 4.79 Å². The average molecular weight is 372 g/mol. The Morgan fingerprint density at radius 1 is 1.15 bits per heavy atom. The van der Waals surface area contributed by atoms with Crippen LogP contribution in [-0.4, -0.2) is 22.1 Å². The Morgan fingerprint density at radius 2 is 1.74 bits per heavy atom. The number of amides is 1. The first kappa shape index (κ1) is 19.9. The number of nitro groups is 1. The highest BCUT2D eigenvalue weighted by Crippen LogP contribution is 2.38. The molecule has 0 saturated carbocycles. The number of nitro benzene ring substituents is 1. The van der Waals surface area contributed by atoms with Crippen LogP contribution in [0.15, 0.2) is 54.6 Å². The van der Waals surface area contributed by atoms with Gasteiger partial charge in [0.1, 0.15) is 6.61 Å². The van der Waals surface area contributed by atoms with Gasteiger partial charge in [-0.1, -0.05) is 48.5 Å². The van der Waals surface area contributed by atoms with Gasteiger partial charge >= 0.3 is 12.1 Å². The highest BCUT2D eigenvalue weighted by atomic mass is 16.6. The summed E-state index contributed by atoms with van der Waals surface area (Å²) in [7, 11) is 0. The van der Waals surface area contributed by atoms with Gasteiger partial charge in [0.25, 0.3) is 5.69 Å². The van der Waals surface area contributed by atoms with Crippen molar-refractivity contribution < 1.29 is 24.4 Å². The van der Waals surface area contributed by atoms with Crippen LogP contribution in [0.3, 0.4) is 0 Å². The van der Waals surface area contributed by atoms with Gasteiger partial charge in [0.15, 0.2) is 0 Å². The normalized spacial score (nSPS) is 12.1. The Bertz CT molecular complexity index is 835. The van der Waals surface area contributed by atoms with E-state index in [1.165, 1.54) is 32.0 Å². The number of carbonyl (C=O) groups is 2. The quantitative estimate of drug-likeness (QED) is 0.565. The largest absolute Gasteiger partial charge is 0.481 e. The lowest BCUT2D eigenvalue weighted by Gasteiger charge is -2.30. The van der Waals surface area contributed by atoms with Crippen molar-refractivity contribution >= 4 is 17.7 Å². The molecule has 1 amide bonds. The number of aliphatic carboxylic acids is 1. The molecule has 0 unspecified atom stereocenters. The third-order valence-electron chi connectivity index (χ3n) is 4.19. The average Bonchev–Trinajstić information content (AvgIpc) is 2.65. The molecule has 0 fully saturated rings. The minimum atomic E-state index is -1.52. The number of para-hydroxylation sites is 1. The molecule has 0 aliphatic carbocycles. The van der Waals surface area contributed by atoms with E-state index < -0.39 is 28.4 Å². The maximum atomic E-state index is 12.3. The molecule has 0 radical (unpaired) electrons. The Hall–Kier alpha value is -3.42. The molecule has 2 N–H and O–H groups in total. The van der Waals surface area contributed by atoms with Gasteiger partial charge in [-0.3, -0.25) is 14.9 Å². The molecule has 0 bridgehead atoms. The molecular weight excluding hydrogens is 352 g/mol. The first-order chi connectivity index (χ1) is 12.7. The summed E-state index contributed by atoms with van der Waals surface area (Å²) in [4.78, 5) is 34.7. The maximum absolute atomic E-state index is 12.3. The second-order valence-electron chi connectivity index (χ2n) is 6.48. The van der Waals surface area contributed by atoms with Crippen LogP contribution in [0.1, 0.15) is 31.0 Å². The molecule has 8 nitrogen and oxygen atoms in total. The van der Waals surface area contributed by atoms with Crippen molar-refractivity contribution in [1.29, 1.82) is 0 Å². The number of carboxylic acid groups (broad SMARTS) is 1. The highest BCUT2D eigenvalue weighted by molar-refractivity contribution is 5.77. The van der Waals surface area contributed by atoms with E-state index in [4.69, 9.17) is 4.74 Å². The zero-order chi connectivity index (χ0) is 20.0. The summed E-state index contributed by atoms with van der Waals surface area (Å²) in [6.45, 7) is 2.76. The summed E-state index contributed by atoms with van der Waals surface area (Å²) in [6.07, 6.45) is -0.865. The van der Waals surface area contributed by atoms with Crippen molar-refractivity contribution in [2.75, 3.05) is 0 Å². The van der Waals surface area contributed by atoms with Gasteiger partial charge in [0.2, 0.25) is 0 Å². The number of carbonyl (C=O) groups excluding carboxylic acids is 1. The first-order valence-corrected chi connectivity index (χ1v) is 8.17. The van der Waals surface area contributed by atoms with Crippen LogP contribution < -0.4 is 5.32 Å². The van der Waals surface area contributed by atoms with E-state index in [1.807, 2.05) is 6.07 Å². The zero-order valence-corrected chi connectivity index (χ0v) is 14.9. The van der Waals surface area contributed by atoms with Crippen LogP contribution in [-0.2, 0) is 16.1 Å². The molecule has 2 aromatic carbocycles. The number of benzene rings is 2. The molecule has 0 aromatic heterocycles. The lowest BCUT2D eigenvalue weighted by atomic mass is 9.80. The molecule has 0 saturated heterocycles. The van der Waals surface area contributed by atoms with Crippen LogP contribution >= 0.6 is 0 Å². The lowest BCUT2D eigenvalue weighted by Crippen LogP contribution is -2.42. The standard InChI is InChI=1S/C19H20N2O6/c1-19(2,17(22)23)16(14-10-6-7-11-15(14)21(25)26)20-18(24)27-12-13-8-4-3-5-9-13/h3-11,16H,12H2,1-2H3,(H,20,24)(H,22,23)/t16-/m0/s1. The van der Waals surface area contributed by atoms with Crippen molar-refractivity contribution in [1.82, 2.24) is 5.32 Å². The van der Waals surface area contributed by atoms with Crippen LogP contribution in [0.2, 0.25) is 0 Å². The second-order valence-corrected chi connectivity index (χ2v) is 6.48. The van der Waals surface area contributed by atoms with Gasteiger partial charge in [0.05, 0.1) is 21.9 Å². The number of ether oxygens (including phenoxy) is 1. The fourth-order valence-electron chi connectivity index (χ4n) is 2.55. The van der Waals surface area contributed by atoms with Crippen molar-refractivity contribution in [3.05, 3.63) is 75.8 Å². The number of nitrogens with one attached hydrogen (secondary N) is 1. The summed E-state index contributed by atoms with van der Waals surface area (Å²) >= 11 is 0. The van der Waals surface area contributed by atoms with Gasteiger partial charge in [-0.15, -0.1) is 0 Å². The van der Waals surface area contributed by atoms with Gasteiger partial charge in [-0.2, -0.15) is 0 Å². The molecule has 0 heterocycles. The van der Waals surface area contributed by atoms with E-state index in [-0.39, 0.29) is 17.9 Å². The first-order valence-electron chi connectivity index (χ1n) is 8.17. The van der Waals surface area contributed by atoms with E-state index in [0.717, 1.165) is 5.56 Å². The van der Waals surface area contributed by atoms with E-state index in [1.54, 1.807) is 30.3 Å². The Kier molecular flexibility index (Phi) is 6.12.